The predicted molar refractivity (Wildman–Crippen MR) is 78.5 cm³/mol. The molecule has 3 aromatic rings. The van der Waals surface area contributed by atoms with Crippen LogP contribution in [0.4, 0.5) is 5.69 Å². The van der Waals surface area contributed by atoms with Crippen molar-refractivity contribution < 1.29 is 0 Å². The Hall–Kier alpha value is -2.42. The van der Waals surface area contributed by atoms with Crippen LogP contribution in [0, 0.1) is 11.8 Å². The van der Waals surface area contributed by atoms with E-state index in [-0.39, 0.29) is 0 Å². The Labute approximate surface area is 111 Å². The number of fused-ring (bicyclic) bond motifs is 1. The zero-order valence-corrected chi connectivity index (χ0v) is 10.9. The second-order valence-electron chi connectivity index (χ2n) is 4.68. The topological polar surface area (TPSA) is 34.4 Å². The van der Waals surface area contributed by atoms with Crippen LogP contribution in [0.25, 0.3) is 22.2 Å². The molecule has 0 radical (unpaired) electrons. The van der Waals surface area contributed by atoms with Gasteiger partial charge in [0.25, 0.3) is 0 Å². The highest BCUT2D eigenvalue weighted by Crippen LogP contribution is 2.40. The molecule has 0 saturated heterocycles. The van der Waals surface area contributed by atoms with Crippen molar-refractivity contribution in [1.29, 1.82) is 0 Å². The maximum Gasteiger partial charge on any atom is 0.141 e. The van der Waals surface area contributed by atoms with Crippen LogP contribution in [0.1, 0.15) is 5.56 Å². The first kappa shape index (κ1) is 11.7. The number of hydrogen-bond donors (Lipinski definition) is 0. The van der Waals surface area contributed by atoms with Gasteiger partial charge in [0, 0.05) is 18.0 Å². The van der Waals surface area contributed by atoms with Crippen LogP contribution in [0.2, 0.25) is 0 Å². The molecule has 3 rings (SSSR count). The largest absolute Gasteiger partial charge is 0.341 e. The van der Waals surface area contributed by atoms with E-state index in [1.165, 1.54) is 0 Å². The summed E-state index contributed by atoms with van der Waals surface area (Å²) in [5.41, 5.74) is 4.62. The van der Waals surface area contributed by atoms with Gasteiger partial charge in [-0.3, -0.25) is 0 Å². The fraction of sp³-hybridized carbons (Fsp3) is 0.125. The Morgan fingerprint density at radius 1 is 1.00 bits per heavy atom. The molecule has 0 atom stereocenters. The lowest BCUT2D eigenvalue weighted by Gasteiger charge is -2.05. The van der Waals surface area contributed by atoms with Crippen molar-refractivity contribution >= 4 is 16.6 Å². The van der Waals surface area contributed by atoms with Crippen molar-refractivity contribution in [2.45, 2.75) is 6.92 Å². The molecular formula is C16H14N2O. The molecule has 0 aliphatic rings. The van der Waals surface area contributed by atoms with Crippen LogP contribution in [-0.2, 0) is 7.05 Å². The highest BCUT2D eigenvalue weighted by molar-refractivity contribution is 6.01. The Kier molecular flexibility index (Phi) is 2.67. The Balaban J connectivity index is 2.46. The van der Waals surface area contributed by atoms with E-state index in [0.29, 0.717) is 5.69 Å². The quantitative estimate of drug-likeness (QED) is 0.614. The minimum absolute atomic E-state index is 0.521. The summed E-state index contributed by atoms with van der Waals surface area (Å²) in [4.78, 5) is 11.3. The molecule has 3 nitrogen and oxygen atoms in total. The summed E-state index contributed by atoms with van der Waals surface area (Å²) in [6, 6.07) is 15.9. The Bertz CT molecular complexity index is 757. The van der Waals surface area contributed by atoms with Gasteiger partial charge < -0.3 is 4.57 Å². The zero-order valence-electron chi connectivity index (χ0n) is 10.9. The van der Waals surface area contributed by atoms with E-state index < -0.39 is 0 Å². The third kappa shape index (κ3) is 1.66. The first-order chi connectivity index (χ1) is 9.24. The van der Waals surface area contributed by atoms with Crippen molar-refractivity contribution in [2.24, 2.45) is 12.2 Å². The maximum atomic E-state index is 11.3. The number of nitroso groups, excluding NO2 is 1. The third-order valence-corrected chi connectivity index (χ3v) is 3.53. The zero-order chi connectivity index (χ0) is 13.4. The van der Waals surface area contributed by atoms with E-state index in [2.05, 4.69) is 9.74 Å². The van der Waals surface area contributed by atoms with Crippen LogP contribution < -0.4 is 0 Å². The number of para-hydroxylation sites is 1. The highest BCUT2D eigenvalue weighted by atomic mass is 16.3. The van der Waals surface area contributed by atoms with Crippen molar-refractivity contribution in [3.05, 3.63) is 59.0 Å². The van der Waals surface area contributed by atoms with Gasteiger partial charge in [0.2, 0.25) is 0 Å². The number of benzene rings is 2. The number of hydrogen-bond acceptors (Lipinski definition) is 2. The van der Waals surface area contributed by atoms with Crippen LogP contribution >= 0.6 is 0 Å². The van der Waals surface area contributed by atoms with Gasteiger partial charge in [0.15, 0.2) is 0 Å². The minimum Gasteiger partial charge on any atom is -0.341 e. The lowest BCUT2D eigenvalue weighted by Crippen LogP contribution is -1.92. The Morgan fingerprint density at radius 3 is 2.42 bits per heavy atom. The van der Waals surface area contributed by atoms with Gasteiger partial charge >= 0.3 is 0 Å². The van der Waals surface area contributed by atoms with Gasteiger partial charge in [0.1, 0.15) is 5.69 Å². The molecule has 94 valence electrons. The fourth-order valence-electron chi connectivity index (χ4n) is 2.71. The first-order valence-electron chi connectivity index (χ1n) is 6.21. The normalized spacial score (nSPS) is 10.8. The van der Waals surface area contributed by atoms with E-state index in [1.54, 1.807) is 0 Å². The van der Waals surface area contributed by atoms with E-state index in [9.17, 15) is 4.91 Å². The average Bonchev–Trinajstić information content (AvgIpc) is 2.73. The third-order valence-electron chi connectivity index (χ3n) is 3.53. The van der Waals surface area contributed by atoms with Gasteiger partial charge in [0.05, 0.1) is 11.2 Å². The molecule has 1 aromatic heterocycles. The summed E-state index contributed by atoms with van der Waals surface area (Å²) in [6.07, 6.45) is 0. The molecule has 0 fully saturated rings. The summed E-state index contributed by atoms with van der Waals surface area (Å²) in [7, 11) is 1.98. The minimum atomic E-state index is 0.521. The summed E-state index contributed by atoms with van der Waals surface area (Å²) in [6.45, 7) is 2.05. The molecule has 19 heavy (non-hydrogen) atoms. The molecule has 0 N–H and O–H groups in total. The van der Waals surface area contributed by atoms with Crippen molar-refractivity contribution in [1.82, 2.24) is 4.57 Å². The smallest absolute Gasteiger partial charge is 0.141 e. The number of nitrogens with zero attached hydrogens (tertiary/aromatic N) is 2. The molecular weight excluding hydrogens is 236 g/mol. The van der Waals surface area contributed by atoms with E-state index in [1.807, 2.05) is 62.5 Å². The molecule has 0 bridgehead atoms. The molecule has 0 spiro atoms. The lowest BCUT2D eigenvalue weighted by atomic mass is 10.1. The summed E-state index contributed by atoms with van der Waals surface area (Å²) in [5, 5.41) is 4.18. The van der Waals surface area contributed by atoms with Gasteiger partial charge in [-0.15, -0.1) is 4.91 Å². The molecule has 0 aliphatic carbocycles. The van der Waals surface area contributed by atoms with Crippen LogP contribution in [0.5, 0.6) is 0 Å². The van der Waals surface area contributed by atoms with Crippen LogP contribution in [0.15, 0.2) is 53.7 Å². The second-order valence-corrected chi connectivity index (χ2v) is 4.68. The molecule has 0 amide bonds. The monoisotopic (exact) mass is 250 g/mol. The van der Waals surface area contributed by atoms with Gasteiger partial charge in [-0.25, -0.2) is 0 Å². The second kappa shape index (κ2) is 4.35. The Morgan fingerprint density at radius 2 is 1.74 bits per heavy atom. The molecule has 2 aromatic carbocycles. The molecule has 0 aliphatic heterocycles. The maximum absolute atomic E-state index is 11.3. The van der Waals surface area contributed by atoms with Crippen molar-refractivity contribution in [3.63, 3.8) is 0 Å². The fourth-order valence-corrected chi connectivity index (χ4v) is 2.71. The van der Waals surface area contributed by atoms with Gasteiger partial charge in [-0.1, -0.05) is 48.5 Å². The predicted octanol–water partition coefficient (Wildman–Crippen LogP) is 4.55. The van der Waals surface area contributed by atoms with E-state index in [0.717, 1.165) is 27.7 Å². The number of rotatable bonds is 2. The SMILES string of the molecule is Cc1cccc2c(N=O)c(-c3ccccc3)n(C)c12. The number of aryl methyl sites for hydroxylation is 2. The van der Waals surface area contributed by atoms with Crippen molar-refractivity contribution in [3.8, 4) is 11.3 Å². The molecule has 1 heterocycles. The summed E-state index contributed by atoms with van der Waals surface area (Å²) >= 11 is 0. The van der Waals surface area contributed by atoms with Crippen LogP contribution in [0.3, 0.4) is 0 Å². The van der Waals surface area contributed by atoms with Gasteiger partial charge in [-0.05, 0) is 17.7 Å². The van der Waals surface area contributed by atoms with Crippen molar-refractivity contribution in [2.75, 3.05) is 0 Å². The van der Waals surface area contributed by atoms with E-state index in [4.69, 9.17) is 0 Å². The summed E-state index contributed by atoms with van der Waals surface area (Å²) < 4.78 is 2.05. The first-order valence-corrected chi connectivity index (χ1v) is 6.21. The lowest BCUT2D eigenvalue weighted by molar-refractivity contribution is 0.973. The molecule has 0 saturated carbocycles. The van der Waals surface area contributed by atoms with Crippen LogP contribution in [-0.4, -0.2) is 4.57 Å². The highest BCUT2D eigenvalue weighted by Gasteiger charge is 2.18. The van der Waals surface area contributed by atoms with E-state index >= 15 is 0 Å². The summed E-state index contributed by atoms with van der Waals surface area (Å²) in [5.74, 6) is 0. The van der Waals surface area contributed by atoms with Gasteiger partial charge in [-0.2, -0.15) is 0 Å². The standard InChI is InChI=1S/C16H14N2O/c1-11-7-6-10-13-14(17-19)16(18(2)15(11)13)12-8-4-3-5-9-12/h3-10H,1-2H3. The molecule has 0 unspecified atom stereocenters. The average molecular weight is 250 g/mol. The molecule has 3 heteroatoms. The number of aromatic nitrogens is 1.